The standard InChI is InChI=1S/C17H25NO2/c19-17-9-5-4-8-16(17)18-11-10-15(12-18)20-13-14-6-2-1-3-7-14/h1-3,6-7,15-17,19H,4-5,8-13H2/t15-,16+,17-/m1/s1. The highest BCUT2D eigenvalue weighted by atomic mass is 16.5. The molecule has 3 nitrogen and oxygen atoms in total. The number of rotatable bonds is 4. The lowest BCUT2D eigenvalue weighted by molar-refractivity contribution is 0.00967. The summed E-state index contributed by atoms with van der Waals surface area (Å²) in [6.07, 6.45) is 5.84. The third kappa shape index (κ3) is 3.40. The summed E-state index contributed by atoms with van der Waals surface area (Å²) in [5.74, 6) is 0. The van der Waals surface area contributed by atoms with Crippen LogP contribution in [0.2, 0.25) is 0 Å². The fourth-order valence-corrected chi connectivity index (χ4v) is 3.50. The first-order valence-electron chi connectivity index (χ1n) is 7.90. The SMILES string of the molecule is O[C@@H]1CCCC[C@@H]1N1CC[C@@H](OCc2ccccc2)C1. The maximum absolute atomic E-state index is 10.1. The van der Waals surface area contributed by atoms with Crippen LogP contribution >= 0.6 is 0 Å². The van der Waals surface area contributed by atoms with Crippen LogP contribution in [0.15, 0.2) is 30.3 Å². The second-order valence-corrected chi connectivity index (χ2v) is 6.12. The van der Waals surface area contributed by atoms with Crippen LogP contribution in [-0.2, 0) is 11.3 Å². The molecule has 1 aromatic rings. The average Bonchev–Trinajstić information content (AvgIpc) is 2.95. The molecule has 1 heterocycles. The minimum atomic E-state index is -0.128. The smallest absolute Gasteiger partial charge is 0.0721 e. The number of aliphatic hydroxyl groups excluding tert-OH is 1. The monoisotopic (exact) mass is 275 g/mol. The van der Waals surface area contributed by atoms with E-state index in [0.29, 0.717) is 18.8 Å². The maximum atomic E-state index is 10.1. The van der Waals surface area contributed by atoms with Crippen LogP contribution in [0, 0.1) is 0 Å². The van der Waals surface area contributed by atoms with Crippen molar-refractivity contribution >= 4 is 0 Å². The zero-order chi connectivity index (χ0) is 13.8. The van der Waals surface area contributed by atoms with Crippen LogP contribution in [-0.4, -0.2) is 41.3 Å². The lowest BCUT2D eigenvalue weighted by Crippen LogP contribution is -2.44. The van der Waals surface area contributed by atoms with Crippen molar-refractivity contribution < 1.29 is 9.84 Å². The molecule has 3 heteroatoms. The molecule has 2 aliphatic rings. The number of hydrogen-bond acceptors (Lipinski definition) is 3. The van der Waals surface area contributed by atoms with E-state index in [1.807, 2.05) is 6.07 Å². The number of aliphatic hydroxyl groups is 1. The predicted molar refractivity (Wildman–Crippen MR) is 79.5 cm³/mol. The van der Waals surface area contributed by atoms with E-state index in [2.05, 4.69) is 29.2 Å². The first kappa shape index (κ1) is 14.1. The third-order valence-electron chi connectivity index (χ3n) is 4.67. The molecule has 0 radical (unpaired) electrons. The fraction of sp³-hybridized carbons (Fsp3) is 0.647. The van der Waals surface area contributed by atoms with Crippen LogP contribution in [0.3, 0.4) is 0 Å². The lowest BCUT2D eigenvalue weighted by atomic mass is 9.91. The molecule has 1 aromatic carbocycles. The van der Waals surface area contributed by atoms with E-state index in [0.717, 1.165) is 32.4 Å². The van der Waals surface area contributed by atoms with Crippen LogP contribution in [0.4, 0.5) is 0 Å². The van der Waals surface area contributed by atoms with Crippen molar-refractivity contribution in [3.63, 3.8) is 0 Å². The first-order chi connectivity index (χ1) is 9.83. The van der Waals surface area contributed by atoms with E-state index in [1.165, 1.54) is 18.4 Å². The van der Waals surface area contributed by atoms with Gasteiger partial charge in [-0.2, -0.15) is 0 Å². The van der Waals surface area contributed by atoms with Gasteiger partial charge in [0.2, 0.25) is 0 Å². The molecule has 0 spiro atoms. The zero-order valence-corrected chi connectivity index (χ0v) is 12.1. The molecule has 1 aliphatic carbocycles. The molecule has 0 aromatic heterocycles. The number of benzene rings is 1. The largest absolute Gasteiger partial charge is 0.391 e. The second kappa shape index (κ2) is 6.70. The van der Waals surface area contributed by atoms with Crippen molar-refractivity contribution in [2.45, 2.75) is 57.0 Å². The molecule has 1 aliphatic heterocycles. The van der Waals surface area contributed by atoms with Gasteiger partial charge in [0.1, 0.15) is 0 Å². The maximum Gasteiger partial charge on any atom is 0.0721 e. The van der Waals surface area contributed by atoms with Crippen LogP contribution in [0.1, 0.15) is 37.7 Å². The molecule has 0 amide bonds. The average molecular weight is 275 g/mol. The topological polar surface area (TPSA) is 32.7 Å². The van der Waals surface area contributed by atoms with Gasteiger partial charge in [0.05, 0.1) is 18.8 Å². The fourth-order valence-electron chi connectivity index (χ4n) is 3.50. The van der Waals surface area contributed by atoms with E-state index in [4.69, 9.17) is 4.74 Å². The molecule has 0 bridgehead atoms. The highest BCUT2D eigenvalue weighted by molar-refractivity contribution is 5.13. The second-order valence-electron chi connectivity index (χ2n) is 6.12. The van der Waals surface area contributed by atoms with E-state index >= 15 is 0 Å². The Bertz CT molecular complexity index is 409. The summed E-state index contributed by atoms with van der Waals surface area (Å²) in [7, 11) is 0. The van der Waals surface area contributed by atoms with E-state index < -0.39 is 0 Å². The van der Waals surface area contributed by atoms with Crippen molar-refractivity contribution in [1.82, 2.24) is 4.90 Å². The molecule has 3 atom stereocenters. The van der Waals surface area contributed by atoms with Gasteiger partial charge in [0.25, 0.3) is 0 Å². The van der Waals surface area contributed by atoms with Crippen molar-refractivity contribution in [3.05, 3.63) is 35.9 Å². The molecular formula is C17H25NO2. The highest BCUT2D eigenvalue weighted by Gasteiger charge is 2.33. The lowest BCUT2D eigenvalue weighted by Gasteiger charge is -2.35. The summed E-state index contributed by atoms with van der Waals surface area (Å²) >= 11 is 0. The van der Waals surface area contributed by atoms with E-state index in [9.17, 15) is 5.11 Å². The molecular weight excluding hydrogens is 250 g/mol. The molecule has 3 rings (SSSR count). The van der Waals surface area contributed by atoms with Gasteiger partial charge in [-0.15, -0.1) is 0 Å². The van der Waals surface area contributed by atoms with Gasteiger partial charge in [-0.3, -0.25) is 4.90 Å². The number of likely N-dealkylation sites (tertiary alicyclic amines) is 1. The Kier molecular flexibility index (Phi) is 4.71. The summed E-state index contributed by atoms with van der Waals surface area (Å²) in [6, 6.07) is 10.7. The van der Waals surface area contributed by atoms with Crippen molar-refractivity contribution in [3.8, 4) is 0 Å². The highest BCUT2D eigenvalue weighted by Crippen LogP contribution is 2.27. The quantitative estimate of drug-likeness (QED) is 0.916. The molecule has 1 N–H and O–H groups in total. The number of nitrogens with zero attached hydrogens (tertiary/aromatic N) is 1. The Hall–Kier alpha value is -0.900. The minimum Gasteiger partial charge on any atom is -0.391 e. The van der Waals surface area contributed by atoms with E-state index in [-0.39, 0.29) is 6.10 Å². The molecule has 0 unspecified atom stereocenters. The van der Waals surface area contributed by atoms with Gasteiger partial charge >= 0.3 is 0 Å². The Labute approximate surface area is 121 Å². The summed E-state index contributed by atoms with van der Waals surface area (Å²) in [4.78, 5) is 2.44. The molecule has 1 saturated carbocycles. The Morgan fingerprint density at radius 1 is 1.10 bits per heavy atom. The number of hydrogen-bond donors (Lipinski definition) is 1. The number of ether oxygens (including phenoxy) is 1. The third-order valence-corrected chi connectivity index (χ3v) is 4.67. The van der Waals surface area contributed by atoms with Gasteiger partial charge in [-0.25, -0.2) is 0 Å². The molecule has 110 valence electrons. The van der Waals surface area contributed by atoms with E-state index in [1.54, 1.807) is 0 Å². The molecule has 20 heavy (non-hydrogen) atoms. The Morgan fingerprint density at radius 2 is 1.90 bits per heavy atom. The van der Waals surface area contributed by atoms with Gasteiger partial charge < -0.3 is 9.84 Å². The molecule has 2 fully saturated rings. The summed E-state index contributed by atoms with van der Waals surface area (Å²) in [6.45, 7) is 2.75. The Balaban J connectivity index is 1.47. The van der Waals surface area contributed by atoms with Gasteiger partial charge in [-0.05, 0) is 24.8 Å². The van der Waals surface area contributed by atoms with Gasteiger partial charge in [-0.1, -0.05) is 43.2 Å². The van der Waals surface area contributed by atoms with Gasteiger partial charge in [0, 0.05) is 19.1 Å². The Morgan fingerprint density at radius 3 is 2.70 bits per heavy atom. The zero-order valence-electron chi connectivity index (χ0n) is 12.1. The van der Waals surface area contributed by atoms with Crippen LogP contribution in [0.5, 0.6) is 0 Å². The van der Waals surface area contributed by atoms with Gasteiger partial charge in [0.15, 0.2) is 0 Å². The van der Waals surface area contributed by atoms with Crippen molar-refractivity contribution in [2.75, 3.05) is 13.1 Å². The normalized spacial score (nSPS) is 31.6. The first-order valence-corrected chi connectivity index (χ1v) is 7.90. The summed E-state index contributed by atoms with van der Waals surface area (Å²) in [5.41, 5.74) is 1.24. The van der Waals surface area contributed by atoms with Crippen LogP contribution in [0.25, 0.3) is 0 Å². The van der Waals surface area contributed by atoms with Crippen molar-refractivity contribution in [1.29, 1.82) is 0 Å². The minimum absolute atomic E-state index is 0.128. The molecule has 1 saturated heterocycles. The summed E-state index contributed by atoms with van der Waals surface area (Å²) < 4.78 is 6.02. The van der Waals surface area contributed by atoms with Crippen molar-refractivity contribution in [2.24, 2.45) is 0 Å². The summed E-state index contributed by atoms with van der Waals surface area (Å²) in [5, 5.41) is 10.1. The van der Waals surface area contributed by atoms with Crippen LogP contribution < -0.4 is 0 Å². The predicted octanol–water partition coefficient (Wildman–Crippen LogP) is 2.58.